The molecule has 2 rings (SSSR count). The molecular weight excluding hydrogens is 208 g/mol. The zero-order valence-corrected chi connectivity index (χ0v) is 11.6. The minimum atomic E-state index is 0.618. The Morgan fingerprint density at radius 2 is 1.71 bits per heavy atom. The van der Waals surface area contributed by atoms with Crippen LogP contribution < -0.4 is 5.73 Å². The van der Waals surface area contributed by atoms with Gasteiger partial charge < -0.3 is 5.73 Å². The molecule has 1 aromatic carbocycles. The molecule has 0 saturated carbocycles. The molecule has 0 amide bonds. The van der Waals surface area contributed by atoms with Crippen LogP contribution in [0.5, 0.6) is 0 Å². The summed E-state index contributed by atoms with van der Waals surface area (Å²) < 4.78 is 0. The molecule has 0 aliphatic carbocycles. The zero-order valence-electron chi connectivity index (χ0n) is 11.6. The Bertz CT molecular complexity index is 436. The number of pyridine rings is 1. The Labute approximate surface area is 105 Å². The summed E-state index contributed by atoms with van der Waals surface area (Å²) in [4.78, 5) is 4.06. The Morgan fingerprint density at radius 1 is 1.06 bits per heavy atom. The maximum atomic E-state index is 5.77. The van der Waals surface area contributed by atoms with Crippen molar-refractivity contribution in [2.24, 2.45) is 0 Å². The summed E-state index contributed by atoms with van der Waals surface area (Å²) in [6.45, 7) is 10.1. The van der Waals surface area contributed by atoms with E-state index in [1.54, 1.807) is 6.20 Å². The second-order valence-corrected chi connectivity index (χ2v) is 3.11. The van der Waals surface area contributed by atoms with Gasteiger partial charge >= 0.3 is 0 Å². The monoisotopic (exact) mass is 232 g/mol. The van der Waals surface area contributed by atoms with Gasteiger partial charge in [-0.25, -0.2) is 4.98 Å². The van der Waals surface area contributed by atoms with E-state index >= 15 is 0 Å². The van der Waals surface area contributed by atoms with Crippen LogP contribution in [0.1, 0.15) is 40.2 Å². The lowest BCUT2D eigenvalue weighted by Gasteiger charge is -2.02. The highest BCUT2D eigenvalue weighted by atomic mass is 14.8. The molecule has 17 heavy (non-hydrogen) atoms. The molecule has 0 radical (unpaired) electrons. The molecule has 0 saturated heterocycles. The quantitative estimate of drug-likeness (QED) is 0.789. The van der Waals surface area contributed by atoms with Gasteiger partial charge in [0.2, 0.25) is 0 Å². The minimum absolute atomic E-state index is 0.618. The lowest BCUT2D eigenvalue weighted by Crippen LogP contribution is -1.91. The van der Waals surface area contributed by atoms with Crippen molar-refractivity contribution >= 4 is 16.6 Å². The number of fused-ring (bicyclic) bond motifs is 1. The maximum absolute atomic E-state index is 5.77. The number of aromatic nitrogens is 1. The molecule has 1 heterocycles. The number of anilines is 1. The van der Waals surface area contributed by atoms with Gasteiger partial charge in [-0.3, -0.25) is 0 Å². The van der Waals surface area contributed by atoms with Crippen LogP contribution in [0, 0.1) is 0 Å². The van der Waals surface area contributed by atoms with Crippen molar-refractivity contribution in [1.82, 2.24) is 4.98 Å². The molecule has 1 aromatic heterocycles. The van der Waals surface area contributed by atoms with Crippen LogP contribution in [-0.2, 0) is 6.42 Å². The average molecular weight is 232 g/mol. The molecule has 94 valence electrons. The van der Waals surface area contributed by atoms with E-state index in [0.29, 0.717) is 5.82 Å². The Kier molecular flexibility index (Phi) is 7.78. The molecule has 0 atom stereocenters. The predicted octanol–water partition coefficient (Wildman–Crippen LogP) is 4.43. The number of nitrogen functional groups attached to an aromatic ring is 1. The van der Waals surface area contributed by atoms with E-state index in [4.69, 9.17) is 5.73 Å². The molecule has 2 N–H and O–H groups in total. The molecule has 0 bridgehead atoms. The van der Waals surface area contributed by atoms with Gasteiger partial charge in [0.05, 0.1) is 0 Å². The standard InChI is InChI=1S/C11H12N2.2C2H6/c1-2-8-3-4-9-5-6-13-11(12)10(9)7-8;2*1-2/h3-7H,2H2,1H3,(H2,12,13);2*1-2H3. The highest BCUT2D eigenvalue weighted by Crippen LogP contribution is 2.20. The zero-order chi connectivity index (χ0) is 13.3. The summed E-state index contributed by atoms with van der Waals surface area (Å²) >= 11 is 0. The van der Waals surface area contributed by atoms with Crippen LogP contribution in [0.3, 0.4) is 0 Å². The molecule has 0 spiro atoms. The first-order valence-electron chi connectivity index (χ1n) is 6.44. The number of nitrogens with zero attached hydrogens (tertiary/aromatic N) is 1. The third kappa shape index (κ3) is 4.06. The fourth-order valence-corrected chi connectivity index (χ4v) is 1.46. The average Bonchev–Trinajstić information content (AvgIpc) is 2.43. The summed E-state index contributed by atoms with van der Waals surface area (Å²) in [6, 6.07) is 8.30. The van der Waals surface area contributed by atoms with Crippen molar-refractivity contribution in [3.8, 4) is 0 Å². The van der Waals surface area contributed by atoms with Crippen molar-refractivity contribution in [3.05, 3.63) is 36.0 Å². The number of aryl methyl sites for hydroxylation is 1. The largest absolute Gasteiger partial charge is 0.383 e. The molecule has 2 aromatic rings. The summed E-state index contributed by atoms with van der Waals surface area (Å²) in [7, 11) is 0. The van der Waals surface area contributed by atoms with Crippen LogP contribution >= 0.6 is 0 Å². The number of benzene rings is 1. The van der Waals surface area contributed by atoms with Gasteiger partial charge in [-0.15, -0.1) is 0 Å². The Hall–Kier alpha value is -1.57. The molecule has 2 nitrogen and oxygen atoms in total. The van der Waals surface area contributed by atoms with E-state index in [2.05, 4.69) is 30.1 Å². The number of hydrogen-bond donors (Lipinski definition) is 1. The molecular formula is C15H24N2. The lowest BCUT2D eigenvalue weighted by molar-refractivity contribution is 1.15. The van der Waals surface area contributed by atoms with Gasteiger partial charge in [-0.05, 0) is 29.5 Å². The second-order valence-electron chi connectivity index (χ2n) is 3.11. The minimum Gasteiger partial charge on any atom is -0.383 e. The van der Waals surface area contributed by atoms with Crippen LogP contribution in [0.4, 0.5) is 5.82 Å². The van der Waals surface area contributed by atoms with E-state index in [1.165, 1.54) is 5.56 Å². The fourth-order valence-electron chi connectivity index (χ4n) is 1.46. The first-order chi connectivity index (χ1) is 8.31. The smallest absolute Gasteiger partial charge is 0.131 e. The van der Waals surface area contributed by atoms with Gasteiger partial charge in [-0.2, -0.15) is 0 Å². The Balaban J connectivity index is 0.000000581. The summed E-state index contributed by atoms with van der Waals surface area (Å²) in [6.07, 6.45) is 2.77. The lowest BCUT2D eigenvalue weighted by atomic mass is 10.1. The van der Waals surface area contributed by atoms with Gasteiger partial charge in [0.15, 0.2) is 0 Å². The first kappa shape index (κ1) is 15.4. The number of rotatable bonds is 1. The highest BCUT2D eigenvalue weighted by molar-refractivity contribution is 5.91. The van der Waals surface area contributed by atoms with Crippen molar-refractivity contribution in [1.29, 1.82) is 0 Å². The molecule has 0 aliphatic heterocycles. The fraction of sp³-hybridized carbons (Fsp3) is 0.400. The normalized spacial score (nSPS) is 8.76. The predicted molar refractivity (Wildman–Crippen MR) is 78.2 cm³/mol. The van der Waals surface area contributed by atoms with E-state index < -0.39 is 0 Å². The number of hydrogen-bond acceptors (Lipinski definition) is 2. The molecule has 0 unspecified atom stereocenters. The van der Waals surface area contributed by atoms with E-state index in [1.807, 2.05) is 33.8 Å². The first-order valence-corrected chi connectivity index (χ1v) is 6.44. The maximum Gasteiger partial charge on any atom is 0.131 e. The van der Waals surface area contributed by atoms with E-state index in [9.17, 15) is 0 Å². The van der Waals surface area contributed by atoms with Crippen molar-refractivity contribution in [2.45, 2.75) is 41.0 Å². The molecule has 0 aliphatic rings. The van der Waals surface area contributed by atoms with Crippen molar-refractivity contribution < 1.29 is 0 Å². The van der Waals surface area contributed by atoms with Gasteiger partial charge in [0, 0.05) is 11.6 Å². The summed E-state index contributed by atoms with van der Waals surface area (Å²) in [5.41, 5.74) is 7.07. The summed E-state index contributed by atoms with van der Waals surface area (Å²) in [5, 5.41) is 2.21. The van der Waals surface area contributed by atoms with Crippen LogP contribution in [0.2, 0.25) is 0 Å². The third-order valence-electron chi connectivity index (χ3n) is 2.27. The van der Waals surface area contributed by atoms with Gasteiger partial charge in [0.25, 0.3) is 0 Å². The molecule has 0 fully saturated rings. The van der Waals surface area contributed by atoms with Gasteiger partial charge in [-0.1, -0.05) is 46.8 Å². The van der Waals surface area contributed by atoms with Gasteiger partial charge in [0.1, 0.15) is 5.82 Å². The van der Waals surface area contributed by atoms with E-state index in [0.717, 1.165) is 17.2 Å². The third-order valence-corrected chi connectivity index (χ3v) is 2.27. The van der Waals surface area contributed by atoms with Crippen molar-refractivity contribution in [2.75, 3.05) is 5.73 Å². The van der Waals surface area contributed by atoms with E-state index in [-0.39, 0.29) is 0 Å². The number of nitrogens with two attached hydrogens (primary N) is 1. The van der Waals surface area contributed by atoms with Crippen LogP contribution in [-0.4, -0.2) is 4.98 Å². The Morgan fingerprint density at radius 3 is 2.29 bits per heavy atom. The van der Waals surface area contributed by atoms with Crippen molar-refractivity contribution in [3.63, 3.8) is 0 Å². The second kappa shape index (κ2) is 8.57. The molecule has 2 heteroatoms. The summed E-state index contributed by atoms with van der Waals surface area (Å²) in [5.74, 6) is 0.618. The van der Waals surface area contributed by atoms with Crippen LogP contribution in [0.25, 0.3) is 10.8 Å². The topological polar surface area (TPSA) is 38.9 Å². The highest BCUT2D eigenvalue weighted by Gasteiger charge is 1.98. The SMILES string of the molecule is CC.CC.CCc1ccc2ccnc(N)c2c1. The van der Waals surface area contributed by atoms with Crippen LogP contribution in [0.15, 0.2) is 30.5 Å².